The van der Waals surface area contributed by atoms with Crippen molar-refractivity contribution in [3.05, 3.63) is 29.8 Å². The van der Waals surface area contributed by atoms with E-state index in [9.17, 15) is 4.39 Å². The number of benzene rings is 1. The number of nitrogen functional groups attached to an aromatic ring is 1. The molecule has 0 radical (unpaired) electrons. The van der Waals surface area contributed by atoms with Gasteiger partial charge in [-0.15, -0.1) is 0 Å². The van der Waals surface area contributed by atoms with Gasteiger partial charge in [0, 0.05) is 17.2 Å². The van der Waals surface area contributed by atoms with Gasteiger partial charge < -0.3 is 5.73 Å². The number of aromatic amines is 1. The highest BCUT2D eigenvalue weighted by atomic mass is 19.1. The Balaban J connectivity index is 1.89. The topological polar surface area (TPSA) is 67.6 Å². The van der Waals surface area contributed by atoms with E-state index in [4.69, 9.17) is 5.73 Å². The average molecular weight is 260 g/mol. The highest BCUT2D eigenvalue weighted by Crippen LogP contribution is 2.32. The number of nitrogens with zero attached hydrogens (tertiary/aromatic N) is 2. The first-order valence-corrected chi connectivity index (χ1v) is 6.72. The normalized spacial score (nSPS) is 16.7. The number of H-pyrrole nitrogens is 1. The molecule has 0 unspecified atom stereocenters. The molecule has 3 rings (SSSR count). The fraction of sp³-hybridized carbons (Fsp3) is 0.429. The van der Waals surface area contributed by atoms with Crippen molar-refractivity contribution in [2.24, 2.45) is 0 Å². The van der Waals surface area contributed by atoms with E-state index in [1.807, 2.05) is 0 Å². The lowest BCUT2D eigenvalue weighted by molar-refractivity contribution is 0.429. The summed E-state index contributed by atoms with van der Waals surface area (Å²) in [6.45, 7) is 0. The summed E-state index contributed by atoms with van der Waals surface area (Å²) in [6, 6.07) is 4.26. The Morgan fingerprint density at radius 3 is 2.79 bits per heavy atom. The Bertz CT molecular complexity index is 573. The van der Waals surface area contributed by atoms with Gasteiger partial charge in [-0.25, -0.2) is 9.37 Å². The minimum Gasteiger partial charge on any atom is -0.398 e. The van der Waals surface area contributed by atoms with Gasteiger partial charge in [0.15, 0.2) is 5.82 Å². The SMILES string of the molecule is Nc1ccc(F)cc1-c1n[nH]c(C2CCCCC2)n1. The lowest BCUT2D eigenvalue weighted by atomic mass is 9.89. The van der Waals surface area contributed by atoms with Gasteiger partial charge in [0.2, 0.25) is 0 Å². The molecule has 5 heteroatoms. The number of nitrogens with two attached hydrogens (primary N) is 1. The summed E-state index contributed by atoms with van der Waals surface area (Å²) in [5, 5.41) is 7.16. The number of aromatic nitrogens is 3. The summed E-state index contributed by atoms with van der Waals surface area (Å²) >= 11 is 0. The van der Waals surface area contributed by atoms with Crippen LogP contribution >= 0.6 is 0 Å². The molecule has 1 aliphatic carbocycles. The molecule has 1 aliphatic rings. The van der Waals surface area contributed by atoms with Gasteiger partial charge >= 0.3 is 0 Å². The molecule has 4 nitrogen and oxygen atoms in total. The molecule has 100 valence electrons. The zero-order chi connectivity index (χ0) is 13.2. The van der Waals surface area contributed by atoms with Crippen molar-refractivity contribution in [1.82, 2.24) is 15.2 Å². The third-order valence-electron chi connectivity index (χ3n) is 3.75. The fourth-order valence-corrected chi connectivity index (χ4v) is 2.68. The van der Waals surface area contributed by atoms with E-state index >= 15 is 0 Å². The monoisotopic (exact) mass is 260 g/mol. The Morgan fingerprint density at radius 1 is 1.21 bits per heavy atom. The van der Waals surface area contributed by atoms with E-state index < -0.39 is 0 Å². The molecule has 0 saturated heterocycles. The van der Waals surface area contributed by atoms with Crippen molar-refractivity contribution in [3.8, 4) is 11.4 Å². The zero-order valence-corrected chi connectivity index (χ0v) is 10.7. The van der Waals surface area contributed by atoms with E-state index in [1.165, 1.54) is 31.4 Å². The van der Waals surface area contributed by atoms with Gasteiger partial charge in [-0.05, 0) is 31.0 Å². The summed E-state index contributed by atoms with van der Waals surface area (Å²) in [7, 11) is 0. The lowest BCUT2D eigenvalue weighted by Crippen LogP contribution is -2.06. The molecule has 1 heterocycles. The van der Waals surface area contributed by atoms with E-state index in [1.54, 1.807) is 6.07 Å². The predicted molar refractivity (Wildman–Crippen MR) is 72.0 cm³/mol. The van der Waals surface area contributed by atoms with Crippen LogP contribution in [0.1, 0.15) is 43.8 Å². The standard InChI is InChI=1S/C14H17FN4/c15-10-6-7-12(16)11(8-10)14-17-13(18-19-14)9-4-2-1-3-5-9/h6-9H,1-5,16H2,(H,17,18,19). The van der Waals surface area contributed by atoms with Gasteiger partial charge in [-0.3, -0.25) is 5.10 Å². The maximum atomic E-state index is 13.3. The van der Waals surface area contributed by atoms with Crippen molar-refractivity contribution in [1.29, 1.82) is 0 Å². The molecule has 1 aromatic carbocycles. The summed E-state index contributed by atoms with van der Waals surface area (Å²) in [4.78, 5) is 4.49. The van der Waals surface area contributed by atoms with Crippen LogP contribution in [0.25, 0.3) is 11.4 Å². The number of hydrogen-bond donors (Lipinski definition) is 2. The highest BCUT2D eigenvalue weighted by molar-refractivity contribution is 5.71. The fourth-order valence-electron chi connectivity index (χ4n) is 2.68. The van der Waals surface area contributed by atoms with Gasteiger partial charge in [-0.2, -0.15) is 5.10 Å². The summed E-state index contributed by atoms with van der Waals surface area (Å²) in [5.74, 6) is 1.51. The van der Waals surface area contributed by atoms with Crippen LogP contribution in [0.4, 0.5) is 10.1 Å². The number of hydrogen-bond acceptors (Lipinski definition) is 3. The Labute approximate surface area is 111 Å². The third-order valence-corrected chi connectivity index (χ3v) is 3.75. The quantitative estimate of drug-likeness (QED) is 0.814. The van der Waals surface area contributed by atoms with Gasteiger partial charge in [0.1, 0.15) is 11.6 Å². The van der Waals surface area contributed by atoms with Crippen LogP contribution in [0.3, 0.4) is 0 Å². The molecule has 19 heavy (non-hydrogen) atoms. The Kier molecular flexibility index (Phi) is 3.19. The minimum atomic E-state index is -0.326. The average Bonchev–Trinajstić information content (AvgIpc) is 2.92. The first-order chi connectivity index (χ1) is 9.24. The van der Waals surface area contributed by atoms with Crippen molar-refractivity contribution < 1.29 is 4.39 Å². The maximum absolute atomic E-state index is 13.3. The third kappa shape index (κ3) is 2.45. The van der Waals surface area contributed by atoms with Crippen LogP contribution in [0.5, 0.6) is 0 Å². The van der Waals surface area contributed by atoms with Gasteiger partial charge in [0.05, 0.1) is 0 Å². The second-order valence-electron chi connectivity index (χ2n) is 5.11. The minimum absolute atomic E-state index is 0.326. The number of anilines is 1. The molecule has 0 atom stereocenters. The molecule has 1 aromatic heterocycles. The zero-order valence-electron chi connectivity index (χ0n) is 10.7. The molecule has 0 aliphatic heterocycles. The smallest absolute Gasteiger partial charge is 0.183 e. The largest absolute Gasteiger partial charge is 0.398 e. The summed E-state index contributed by atoms with van der Waals surface area (Å²) in [6.07, 6.45) is 6.07. The molecule has 3 N–H and O–H groups in total. The predicted octanol–water partition coefficient (Wildman–Crippen LogP) is 3.24. The molecule has 1 saturated carbocycles. The molecule has 2 aromatic rings. The van der Waals surface area contributed by atoms with Crippen LogP contribution in [0.15, 0.2) is 18.2 Å². The lowest BCUT2D eigenvalue weighted by Gasteiger charge is -2.18. The first kappa shape index (κ1) is 12.1. The van der Waals surface area contributed by atoms with Crippen LogP contribution in [0.2, 0.25) is 0 Å². The number of halogens is 1. The first-order valence-electron chi connectivity index (χ1n) is 6.72. The van der Waals surface area contributed by atoms with Crippen LogP contribution < -0.4 is 5.73 Å². The van der Waals surface area contributed by atoms with Crippen LogP contribution in [-0.2, 0) is 0 Å². The van der Waals surface area contributed by atoms with Gasteiger partial charge in [-0.1, -0.05) is 19.3 Å². The van der Waals surface area contributed by atoms with E-state index in [0.29, 0.717) is 23.0 Å². The molecular weight excluding hydrogens is 243 g/mol. The maximum Gasteiger partial charge on any atom is 0.183 e. The second-order valence-corrected chi connectivity index (χ2v) is 5.11. The molecule has 0 amide bonds. The van der Waals surface area contributed by atoms with Crippen LogP contribution in [-0.4, -0.2) is 15.2 Å². The second kappa shape index (κ2) is 4.99. The highest BCUT2D eigenvalue weighted by Gasteiger charge is 2.20. The molecule has 1 fully saturated rings. The summed E-state index contributed by atoms with van der Waals surface area (Å²) < 4.78 is 13.3. The number of nitrogens with one attached hydrogen (secondary N) is 1. The van der Waals surface area contributed by atoms with E-state index in [2.05, 4.69) is 15.2 Å². The van der Waals surface area contributed by atoms with Crippen molar-refractivity contribution >= 4 is 5.69 Å². The Hall–Kier alpha value is -1.91. The van der Waals surface area contributed by atoms with Crippen molar-refractivity contribution in [2.45, 2.75) is 38.0 Å². The van der Waals surface area contributed by atoms with Crippen molar-refractivity contribution in [2.75, 3.05) is 5.73 Å². The summed E-state index contributed by atoms with van der Waals surface area (Å²) in [5.41, 5.74) is 6.90. The molecule has 0 spiro atoms. The number of rotatable bonds is 2. The molecular formula is C14H17FN4. The van der Waals surface area contributed by atoms with E-state index in [-0.39, 0.29) is 5.82 Å². The van der Waals surface area contributed by atoms with Crippen molar-refractivity contribution in [3.63, 3.8) is 0 Å². The van der Waals surface area contributed by atoms with E-state index in [0.717, 1.165) is 18.7 Å². The molecule has 0 bridgehead atoms. The van der Waals surface area contributed by atoms with Crippen LogP contribution in [0, 0.1) is 5.82 Å². The van der Waals surface area contributed by atoms with Gasteiger partial charge in [0.25, 0.3) is 0 Å². The Morgan fingerprint density at radius 2 is 2.00 bits per heavy atom.